The lowest BCUT2D eigenvalue weighted by molar-refractivity contribution is 0.172. The second-order valence-corrected chi connectivity index (χ2v) is 6.50. The number of hydrogen-bond acceptors (Lipinski definition) is 3. The Balaban J connectivity index is 1.74. The van der Waals surface area contributed by atoms with Crippen LogP contribution in [-0.4, -0.2) is 5.60 Å². The van der Waals surface area contributed by atoms with E-state index in [1.54, 1.807) is 0 Å². The molecule has 1 unspecified atom stereocenters. The predicted octanol–water partition coefficient (Wildman–Crippen LogP) is 4.51. The smallest absolute Gasteiger partial charge is 0.336 e. The van der Waals surface area contributed by atoms with E-state index in [2.05, 4.69) is 24.3 Å². The maximum absolute atomic E-state index is 11.8. The average Bonchev–Trinajstić information content (AvgIpc) is 2.91. The minimum atomic E-state index is -0.450. The van der Waals surface area contributed by atoms with E-state index in [9.17, 15) is 4.79 Å². The third-order valence-electron chi connectivity index (χ3n) is 4.48. The minimum Gasteiger partial charge on any atom is -0.483 e. The van der Waals surface area contributed by atoms with E-state index in [1.807, 2.05) is 44.2 Å². The van der Waals surface area contributed by atoms with Crippen LogP contribution in [0.2, 0.25) is 0 Å². The van der Waals surface area contributed by atoms with Crippen molar-refractivity contribution in [3.8, 4) is 5.75 Å². The van der Waals surface area contributed by atoms with E-state index in [0.717, 1.165) is 27.8 Å². The Labute approximate surface area is 140 Å². The lowest BCUT2D eigenvalue weighted by Gasteiger charge is -2.19. The van der Waals surface area contributed by atoms with Crippen LogP contribution in [0.15, 0.2) is 63.8 Å². The van der Waals surface area contributed by atoms with E-state index < -0.39 is 5.60 Å². The molecular weight excluding hydrogens is 300 g/mol. The van der Waals surface area contributed by atoms with Gasteiger partial charge in [0, 0.05) is 23.4 Å². The average molecular weight is 318 g/mol. The van der Waals surface area contributed by atoms with Gasteiger partial charge in [-0.25, -0.2) is 4.79 Å². The second kappa shape index (κ2) is 5.38. The van der Waals surface area contributed by atoms with Crippen LogP contribution in [0, 0.1) is 6.92 Å². The fourth-order valence-electron chi connectivity index (χ4n) is 3.25. The summed E-state index contributed by atoms with van der Waals surface area (Å²) in [6.45, 7) is 3.97. The summed E-state index contributed by atoms with van der Waals surface area (Å²) in [5, 5.41) is 0.966. The summed E-state index contributed by atoms with van der Waals surface area (Å²) >= 11 is 0. The van der Waals surface area contributed by atoms with Gasteiger partial charge in [-0.2, -0.15) is 0 Å². The highest BCUT2D eigenvalue weighted by Crippen LogP contribution is 2.40. The van der Waals surface area contributed by atoms with Crippen molar-refractivity contribution in [3.05, 3.63) is 81.7 Å². The van der Waals surface area contributed by atoms with E-state index >= 15 is 0 Å². The van der Waals surface area contributed by atoms with Crippen LogP contribution < -0.4 is 10.4 Å². The third kappa shape index (κ3) is 2.52. The van der Waals surface area contributed by atoms with E-state index in [-0.39, 0.29) is 5.63 Å². The van der Waals surface area contributed by atoms with Gasteiger partial charge in [0.05, 0.1) is 0 Å². The van der Waals surface area contributed by atoms with E-state index in [1.165, 1.54) is 6.07 Å². The molecule has 4 rings (SSSR count). The van der Waals surface area contributed by atoms with E-state index in [0.29, 0.717) is 12.0 Å². The summed E-state index contributed by atoms with van der Waals surface area (Å²) in [6, 6.07) is 15.6. The molecule has 24 heavy (non-hydrogen) atoms. The molecule has 3 nitrogen and oxygen atoms in total. The van der Waals surface area contributed by atoms with Gasteiger partial charge in [-0.1, -0.05) is 36.4 Å². The van der Waals surface area contributed by atoms with Gasteiger partial charge in [-0.3, -0.25) is 0 Å². The lowest BCUT2D eigenvalue weighted by atomic mass is 9.96. The molecule has 1 aromatic heterocycles. The number of benzene rings is 2. The summed E-state index contributed by atoms with van der Waals surface area (Å²) in [6.07, 6.45) is 4.81. The molecule has 0 saturated carbocycles. The van der Waals surface area contributed by atoms with Crippen LogP contribution >= 0.6 is 0 Å². The summed E-state index contributed by atoms with van der Waals surface area (Å²) in [5.41, 5.74) is 2.90. The fraction of sp³-hybridized carbons (Fsp3) is 0.190. The monoisotopic (exact) mass is 318 g/mol. The zero-order chi connectivity index (χ0) is 16.7. The van der Waals surface area contributed by atoms with Gasteiger partial charge < -0.3 is 9.15 Å². The Kier molecular flexibility index (Phi) is 3.31. The highest BCUT2D eigenvalue weighted by molar-refractivity contribution is 5.85. The molecular formula is C21H18O3. The number of hydrogen-bond donors (Lipinski definition) is 0. The standard InChI is InChI=1S/C21H18O3/c1-14-12-19(22)23-20-16(14)8-9-18-17(20)13-21(2,24-18)11-10-15-6-4-3-5-7-15/h3-12H,13H2,1-2H3/b11-10+. The topological polar surface area (TPSA) is 39.4 Å². The summed E-state index contributed by atoms with van der Waals surface area (Å²) in [4.78, 5) is 11.8. The number of aryl methyl sites for hydroxylation is 1. The number of ether oxygens (including phenoxy) is 1. The minimum absolute atomic E-state index is 0.318. The van der Waals surface area contributed by atoms with Crippen molar-refractivity contribution in [3.63, 3.8) is 0 Å². The van der Waals surface area contributed by atoms with Gasteiger partial charge >= 0.3 is 5.63 Å². The van der Waals surface area contributed by atoms with Crippen LogP contribution in [0.5, 0.6) is 5.75 Å². The van der Waals surface area contributed by atoms with Crippen molar-refractivity contribution in [1.82, 2.24) is 0 Å². The first-order valence-electron chi connectivity index (χ1n) is 8.04. The van der Waals surface area contributed by atoms with Crippen LogP contribution in [0.1, 0.15) is 23.6 Å². The first kappa shape index (κ1) is 14.8. The number of rotatable bonds is 2. The molecule has 0 fully saturated rings. The first-order chi connectivity index (χ1) is 11.5. The molecule has 2 heterocycles. The molecule has 2 aromatic carbocycles. The molecule has 0 N–H and O–H groups in total. The van der Waals surface area contributed by atoms with Crippen molar-refractivity contribution in [2.24, 2.45) is 0 Å². The van der Waals surface area contributed by atoms with Crippen LogP contribution in [0.4, 0.5) is 0 Å². The second-order valence-electron chi connectivity index (χ2n) is 6.50. The van der Waals surface area contributed by atoms with Gasteiger partial charge in [0.15, 0.2) is 0 Å². The van der Waals surface area contributed by atoms with Crippen LogP contribution in [-0.2, 0) is 6.42 Å². The van der Waals surface area contributed by atoms with Crippen LogP contribution in [0.3, 0.4) is 0 Å². The Hall–Kier alpha value is -2.81. The highest BCUT2D eigenvalue weighted by atomic mass is 16.5. The molecule has 0 saturated heterocycles. The highest BCUT2D eigenvalue weighted by Gasteiger charge is 2.34. The van der Waals surface area contributed by atoms with Gasteiger partial charge in [0.25, 0.3) is 0 Å². The largest absolute Gasteiger partial charge is 0.483 e. The quantitative estimate of drug-likeness (QED) is 0.653. The van der Waals surface area contributed by atoms with Crippen molar-refractivity contribution < 1.29 is 9.15 Å². The molecule has 0 radical (unpaired) electrons. The van der Waals surface area contributed by atoms with Crippen molar-refractivity contribution >= 4 is 17.0 Å². The summed E-state index contributed by atoms with van der Waals surface area (Å²) < 4.78 is 11.6. The molecule has 0 aliphatic carbocycles. The molecule has 0 amide bonds. The molecule has 3 aromatic rings. The van der Waals surface area contributed by atoms with Gasteiger partial charge in [0.1, 0.15) is 16.9 Å². The zero-order valence-electron chi connectivity index (χ0n) is 13.7. The Bertz CT molecular complexity index is 999. The summed E-state index contributed by atoms with van der Waals surface area (Å²) in [5.74, 6) is 0.788. The first-order valence-corrected chi connectivity index (χ1v) is 8.04. The van der Waals surface area contributed by atoms with Gasteiger partial charge in [-0.15, -0.1) is 0 Å². The predicted molar refractivity (Wildman–Crippen MR) is 95.4 cm³/mol. The molecule has 0 spiro atoms. The van der Waals surface area contributed by atoms with Crippen molar-refractivity contribution in [2.75, 3.05) is 0 Å². The SMILES string of the molecule is Cc1cc(=O)oc2c3c(ccc12)OC(C)(/C=C/c1ccccc1)C3. The molecule has 1 aliphatic heterocycles. The molecule has 0 bridgehead atoms. The molecule has 1 atom stereocenters. The normalized spacial score (nSPS) is 19.6. The maximum Gasteiger partial charge on any atom is 0.336 e. The van der Waals surface area contributed by atoms with Gasteiger partial charge in [-0.05, 0) is 43.2 Å². The Morgan fingerprint density at radius 3 is 2.71 bits per heavy atom. The zero-order valence-corrected chi connectivity index (χ0v) is 13.7. The van der Waals surface area contributed by atoms with Gasteiger partial charge in [0.2, 0.25) is 0 Å². The molecule has 120 valence electrons. The van der Waals surface area contributed by atoms with Crippen molar-refractivity contribution in [1.29, 1.82) is 0 Å². The Morgan fingerprint density at radius 1 is 1.12 bits per heavy atom. The van der Waals surface area contributed by atoms with Crippen LogP contribution in [0.25, 0.3) is 17.0 Å². The fourth-order valence-corrected chi connectivity index (χ4v) is 3.25. The maximum atomic E-state index is 11.8. The molecule has 1 aliphatic rings. The number of fused-ring (bicyclic) bond motifs is 3. The lowest BCUT2D eigenvalue weighted by Crippen LogP contribution is -2.26. The Morgan fingerprint density at radius 2 is 1.92 bits per heavy atom. The van der Waals surface area contributed by atoms with E-state index in [4.69, 9.17) is 9.15 Å². The summed E-state index contributed by atoms with van der Waals surface area (Å²) in [7, 11) is 0. The molecule has 3 heteroatoms. The third-order valence-corrected chi connectivity index (χ3v) is 4.48. The van der Waals surface area contributed by atoms with Crippen molar-refractivity contribution in [2.45, 2.75) is 25.9 Å².